The number of esters is 1. The summed E-state index contributed by atoms with van der Waals surface area (Å²) in [6.45, 7) is 5.35. The van der Waals surface area contributed by atoms with E-state index >= 15 is 0 Å². The van der Waals surface area contributed by atoms with E-state index in [0.29, 0.717) is 16.6 Å². The molecule has 0 spiro atoms. The lowest BCUT2D eigenvalue weighted by molar-refractivity contribution is -0.145. The second kappa shape index (κ2) is 8.55. The fourth-order valence-electron chi connectivity index (χ4n) is 6.06. The summed E-state index contributed by atoms with van der Waals surface area (Å²) < 4.78 is 7.33. The molecule has 0 aliphatic heterocycles. The van der Waals surface area contributed by atoms with Crippen LogP contribution in [-0.4, -0.2) is 27.5 Å². The van der Waals surface area contributed by atoms with Crippen molar-refractivity contribution in [1.29, 1.82) is 0 Å². The number of hydrogen-bond acceptors (Lipinski definition) is 5. The average molecular weight is 502 g/mol. The Balaban J connectivity index is 1.32. The molecule has 2 heterocycles. The number of ether oxygens (including phenoxy) is 1. The topological polar surface area (TPSA) is 72.7 Å². The Morgan fingerprint density at radius 3 is 2.45 bits per heavy atom. The highest BCUT2D eigenvalue weighted by molar-refractivity contribution is 6.19. The lowest BCUT2D eigenvalue weighted by Crippen LogP contribution is -2.31. The van der Waals surface area contributed by atoms with Gasteiger partial charge >= 0.3 is 5.97 Å². The van der Waals surface area contributed by atoms with Crippen molar-refractivity contribution in [2.24, 2.45) is 0 Å². The molecule has 0 atom stereocenters. The van der Waals surface area contributed by atoms with E-state index in [1.54, 1.807) is 11.3 Å². The highest BCUT2D eigenvalue weighted by atomic mass is 16.5. The summed E-state index contributed by atoms with van der Waals surface area (Å²) in [6.07, 6.45) is 3.36. The van der Waals surface area contributed by atoms with E-state index in [1.807, 2.05) is 36.4 Å². The van der Waals surface area contributed by atoms with Crippen molar-refractivity contribution in [1.82, 2.24) is 9.38 Å². The summed E-state index contributed by atoms with van der Waals surface area (Å²) in [4.78, 5) is 30.8. The molecule has 2 aromatic heterocycles. The van der Waals surface area contributed by atoms with Crippen LogP contribution in [0.2, 0.25) is 0 Å². The average Bonchev–Trinajstić information content (AvgIpc) is 2.93. The number of nitrogens with one attached hydrogen (secondary N) is 1. The predicted octanol–water partition coefficient (Wildman–Crippen LogP) is 6.59. The second-order valence-electron chi connectivity index (χ2n) is 10.4. The molecule has 0 amide bonds. The monoisotopic (exact) mass is 501 g/mol. The Kier molecular flexibility index (Phi) is 5.11. The quantitative estimate of drug-likeness (QED) is 0.128. The van der Waals surface area contributed by atoms with Gasteiger partial charge in [-0.3, -0.25) is 9.20 Å². The van der Waals surface area contributed by atoms with Gasteiger partial charge in [-0.2, -0.15) is 0 Å². The number of fused-ring (bicyclic) bond motifs is 3. The molecular weight excluding hydrogens is 474 g/mol. The van der Waals surface area contributed by atoms with Gasteiger partial charge in [0.15, 0.2) is 0 Å². The third-order valence-electron chi connectivity index (χ3n) is 7.91. The van der Waals surface area contributed by atoms with Gasteiger partial charge in [-0.15, -0.1) is 0 Å². The summed E-state index contributed by atoms with van der Waals surface area (Å²) in [5.74, 6) is -0.312. The maximum atomic E-state index is 13.9. The predicted molar refractivity (Wildman–Crippen MR) is 153 cm³/mol. The van der Waals surface area contributed by atoms with Crippen LogP contribution in [0.3, 0.4) is 0 Å². The molecule has 4 aromatic carbocycles. The van der Waals surface area contributed by atoms with Gasteiger partial charge in [0.25, 0.3) is 5.56 Å². The molecule has 6 nitrogen and oxygen atoms in total. The van der Waals surface area contributed by atoms with Crippen molar-refractivity contribution >= 4 is 60.7 Å². The number of carbonyl (C=O) groups is 1. The van der Waals surface area contributed by atoms with Gasteiger partial charge < -0.3 is 10.1 Å². The van der Waals surface area contributed by atoms with Crippen molar-refractivity contribution in [3.63, 3.8) is 0 Å². The van der Waals surface area contributed by atoms with E-state index in [0.717, 1.165) is 69.3 Å². The summed E-state index contributed by atoms with van der Waals surface area (Å²) in [6, 6.07) is 22.5. The molecule has 1 aliphatic rings. The molecular formula is C32H27N3O3. The molecule has 1 fully saturated rings. The largest absolute Gasteiger partial charge is 0.459 e. The van der Waals surface area contributed by atoms with Crippen LogP contribution in [-0.2, 0) is 9.53 Å². The second-order valence-corrected chi connectivity index (χ2v) is 10.4. The van der Waals surface area contributed by atoms with Crippen LogP contribution < -0.4 is 10.9 Å². The number of hydrogen-bond donors (Lipinski definition) is 1. The minimum absolute atomic E-state index is 0.0548. The maximum Gasteiger partial charge on any atom is 0.333 e. The molecule has 0 saturated heterocycles. The number of pyridine rings is 1. The first-order valence-electron chi connectivity index (χ1n) is 13.1. The van der Waals surface area contributed by atoms with Gasteiger partial charge in [-0.25, -0.2) is 9.78 Å². The zero-order chi connectivity index (χ0) is 26.0. The fourth-order valence-corrected chi connectivity index (χ4v) is 6.06. The molecule has 0 unspecified atom stereocenters. The first kappa shape index (κ1) is 22.7. The SMILES string of the molecule is C=C(C)C(=O)OC1CCC(Nc2ccc3c4c2cccc4c(=O)n2c4cccc5cccc(nc32)c54)CC1. The van der Waals surface area contributed by atoms with Gasteiger partial charge in [0.05, 0.1) is 11.0 Å². The number of carbonyl (C=O) groups excluding carboxylic acids is 1. The van der Waals surface area contributed by atoms with Gasteiger partial charge in [0.2, 0.25) is 0 Å². The van der Waals surface area contributed by atoms with Crippen molar-refractivity contribution < 1.29 is 9.53 Å². The summed E-state index contributed by atoms with van der Waals surface area (Å²) in [5, 5.41) is 9.40. The first-order chi connectivity index (χ1) is 18.5. The van der Waals surface area contributed by atoms with Crippen LogP contribution in [0, 0.1) is 0 Å². The zero-order valence-electron chi connectivity index (χ0n) is 21.2. The summed E-state index contributed by atoms with van der Waals surface area (Å²) in [7, 11) is 0. The van der Waals surface area contributed by atoms with Gasteiger partial charge in [0.1, 0.15) is 11.8 Å². The maximum absolute atomic E-state index is 13.9. The highest BCUT2D eigenvalue weighted by Gasteiger charge is 2.25. The molecule has 1 N–H and O–H groups in total. The molecule has 7 rings (SSSR count). The van der Waals surface area contributed by atoms with Crippen LogP contribution >= 0.6 is 0 Å². The molecule has 6 aromatic rings. The van der Waals surface area contributed by atoms with Crippen LogP contribution in [0.15, 0.2) is 83.7 Å². The molecule has 0 radical (unpaired) electrons. The van der Waals surface area contributed by atoms with Crippen molar-refractivity contribution in [3.05, 3.63) is 89.2 Å². The molecule has 38 heavy (non-hydrogen) atoms. The number of anilines is 1. The van der Waals surface area contributed by atoms with Gasteiger partial charge in [0, 0.05) is 44.2 Å². The number of benzene rings is 4. The molecule has 0 bridgehead atoms. The minimum atomic E-state index is -0.312. The lowest BCUT2D eigenvalue weighted by Gasteiger charge is -2.30. The van der Waals surface area contributed by atoms with Crippen LogP contribution in [0.4, 0.5) is 5.69 Å². The minimum Gasteiger partial charge on any atom is -0.459 e. The lowest BCUT2D eigenvalue weighted by atomic mass is 9.92. The standard InChI is InChI=1S/C32H27N3O3/c1-18(2)32(37)38-21-14-12-20(13-15-21)33-25-17-16-23-29-22(25)8-5-9-24(29)31(36)35-27-11-4-7-19-6-3-10-26(28(19)27)34-30(23)35/h3-11,16-17,20-21,33H,1,12-15H2,2H3. The van der Waals surface area contributed by atoms with Crippen molar-refractivity contribution in [2.75, 3.05) is 5.32 Å². The van der Waals surface area contributed by atoms with Crippen LogP contribution in [0.1, 0.15) is 32.6 Å². The normalized spacial score (nSPS) is 18.0. The van der Waals surface area contributed by atoms with Crippen LogP contribution in [0.5, 0.6) is 0 Å². The third-order valence-corrected chi connectivity index (χ3v) is 7.91. The van der Waals surface area contributed by atoms with E-state index in [4.69, 9.17) is 9.72 Å². The van der Waals surface area contributed by atoms with Crippen molar-refractivity contribution in [3.8, 4) is 0 Å². The molecule has 1 saturated carbocycles. The summed E-state index contributed by atoms with van der Waals surface area (Å²) in [5.41, 5.74) is 3.83. The smallest absolute Gasteiger partial charge is 0.333 e. The number of nitrogens with zero attached hydrogens (tertiary/aromatic N) is 2. The van der Waals surface area contributed by atoms with Crippen molar-refractivity contribution in [2.45, 2.75) is 44.8 Å². The molecule has 1 aliphatic carbocycles. The van der Waals surface area contributed by atoms with Crippen LogP contribution in [0.25, 0.3) is 49.0 Å². The Labute approximate surface area is 218 Å². The van der Waals surface area contributed by atoms with Gasteiger partial charge in [-0.1, -0.05) is 43.0 Å². The molecule has 188 valence electrons. The number of aromatic nitrogens is 2. The Morgan fingerprint density at radius 2 is 1.66 bits per heavy atom. The van der Waals surface area contributed by atoms with Gasteiger partial charge in [-0.05, 0) is 68.3 Å². The molecule has 6 heteroatoms. The van der Waals surface area contributed by atoms with E-state index in [1.165, 1.54) is 0 Å². The zero-order valence-corrected chi connectivity index (χ0v) is 21.2. The van der Waals surface area contributed by atoms with E-state index in [-0.39, 0.29) is 23.7 Å². The fraction of sp³-hybridized carbons (Fsp3) is 0.219. The van der Waals surface area contributed by atoms with E-state index in [9.17, 15) is 9.59 Å². The highest BCUT2D eigenvalue weighted by Crippen LogP contribution is 2.36. The third kappa shape index (κ3) is 3.44. The van der Waals surface area contributed by atoms with E-state index < -0.39 is 0 Å². The number of rotatable bonds is 4. The Bertz CT molecular complexity index is 1960. The van der Waals surface area contributed by atoms with E-state index in [2.05, 4.69) is 42.2 Å². The Hall–Kier alpha value is -4.45. The first-order valence-corrected chi connectivity index (χ1v) is 13.1. The Morgan fingerprint density at radius 1 is 0.921 bits per heavy atom. The summed E-state index contributed by atoms with van der Waals surface area (Å²) >= 11 is 0.